The van der Waals surface area contributed by atoms with Crippen molar-refractivity contribution in [1.82, 2.24) is 5.43 Å². The van der Waals surface area contributed by atoms with Crippen LogP contribution in [0.15, 0.2) is 84.9 Å². The first-order chi connectivity index (χ1) is 10.8. The van der Waals surface area contributed by atoms with E-state index in [0.29, 0.717) is 5.56 Å². The van der Waals surface area contributed by atoms with Gasteiger partial charge in [-0.3, -0.25) is 15.6 Å². The molecule has 0 radical (unpaired) electrons. The van der Waals surface area contributed by atoms with Crippen LogP contribution in [0.25, 0.3) is 11.1 Å². The summed E-state index contributed by atoms with van der Waals surface area (Å²) >= 11 is 0. The van der Waals surface area contributed by atoms with Crippen molar-refractivity contribution in [2.24, 2.45) is 0 Å². The lowest BCUT2D eigenvalue weighted by Crippen LogP contribution is -2.29. The molecule has 1 amide bonds. The number of anilines is 1. The molecule has 3 heteroatoms. The average molecular weight is 288 g/mol. The fraction of sp³-hybridized carbons (Fsp3) is 0. The van der Waals surface area contributed by atoms with Crippen molar-refractivity contribution in [3.8, 4) is 11.1 Å². The summed E-state index contributed by atoms with van der Waals surface area (Å²) in [6.45, 7) is 0. The predicted octanol–water partition coefficient (Wildman–Crippen LogP) is 4.11. The molecule has 0 bridgehead atoms. The van der Waals surface area contributed by atoms with Gasteiger partial charge in [0.25, 0.3) is 5.91 Å². The molecule has 0 aliphatic heterocycles. The first-order valence-electron chi connectivity index (χ1n) is 7.10. The summed E-state index contributed by atoms with van der Waals surface area (Å²) in [5.74, 6) is -0.160. The summed E-state index contributed by atoms with van der Waals surface area (Å²) in [4.78, 5) is 11.9. The molecule has 2 N–H and O–H groups in total. The Bertz CT molecular complexity index is 737. The smallest absolute Gasteiger partial charge is 0.269 e. The van der Waals surface area contributed by atoms with Crippen molar-refractivity contribution in [1.29, 1.82) is 0 Å². The van der Waals surface area contributed by atoms with Gasteiger partial charge in [-0.05, 0) is 35.4 Å². The maximum absolute atomic E-state index is 11.9. The van der Waals surface area contributed by atoms with Crippen molar-refractivity contribution < 1.29 is 4.79 Å². The largest absolute Gasteiger partial charge is 0.298 e. The van der Waals surface area contributed by atoms with Gasteiger partial charge in [0.05, 0.1) is 5.69 Å². The zero-order chi connectivity index (χ0) is 15.2. The van der Waals surface area contributed by atoms with Crippen LogP contribution < -0.4 is 10.9 Å². The number of amides is 1. The van der Waals surface area contributed by atoms with Crippen molar-refractivity contribution >= 4 is 11.6 Å². The second-order valence-electron chi connectivity index (χ2n) is 4.89. The third-order valence-electron chi connectivity index (χ3n) is 3.35. The number of hydrogen-bond acceptors (Lipinski definition) is 2. The Hall–Kier alpha value is -3.07. The molecule has 108 valence electrons. The topological polar surface area (TPSA) is 41.1 Å². The lowest BCUT2D eigenvalue weighted by atomic mass is 10.1. The summed E-state index contributed by atoms with van der Waals surface area (Å²) in [6, 6.07) is 27.2. The molecule has 0 aromatic heterocycles. The second-order valence-corrected chi connectivity index (χ2v) is 4.89. The zero-order valence-electron chi connectivity index (χ0n) is 12.0. The van der Waals surface area contributed by atoms with Gasteiger partial charge >= 0.3 is 0 Å². The molecular formula is C19H16N2O. The standard InChI is InChI=1S/C19H16N2O/c22-19(17-9-5-2-6-10-17)21-20-18-13-11-16(12-14-18)15-7-3-1-4-8-15/h1-14,20H,(H,21,22). The van der Waals surface area contributed by atoms with Gasteiger partial charge in [-0.15, -0.1) is 0 Å². The first-order valence-corrected chi connectivity index (χ1v) is 7.10. The van der Waals surface area contributed by atoms with E-state index in [1.807, 2.05) is 60.7 Å². The number of nitrogens with one attached hydrogen (secondary N) is 2. The SMILES string of the molecule is O=C(NNc1ccc(-c2ccccc2)cc1)c1ccccc1. The molecule has 0 atom stereocenters. The molecule has 22 heavy (non-hydrogen) atoms. The van der Waals surface area contributed by atoms with E-state index in [-0.39, 0.29) is 5.91 Å². The molecule has 0 heterocycles. The molecule has 0 spiro atoms. The summed E-state index contributed by atoms with van der Waals surface area (Å²) in [7, 11) is 0. The van der Waals surface area contributed by atoms with Crippen LogP contribution in [-0.4, -0.2) is 5.91 Å². The van der Waals surface area contributed by atoms with Crippen LogP contribution in [0.1, 0.15) is 10.4 Å². The molecule has 3 nitrogen and oxygen atoms in total. The van der Waals surface area contributed by atoms with Gasteiger partial charge < -0.3 is 0 Å². The molecular weight excluding hydrogens is 272 g/mol. The fourth-order valence-corrected chi connectivity index (χ4v) is 2.17. The van der Waals surface area contributed by atoms with Crippen molar-refractivity contribution in [2.75, 3.05) is 5.43 Å². The van der Waals surface area contributed by atoms with Crippen LogP contribution in [0.4, 0.5) is 5.69 Å². The Morgan fingerprint density at radius 3 is 1.82 bits per heavy atom. The van der Waals surface area contributed by atoms with Gasteiger partial charge in [0, 0.05) is 5.56 Å². The first kappa shape index (κ1) is 13.9. The Morgan fingerprint density at radius 2 is 1.18 bits per heavy atom. The van der Waals surface area contributed by atoms with E-state index < -0.39 is 0 Å². The van der Waals surface area contributed by atoms with E-state index in [0.717, 1.165) is 11.3 Å². The van der Waals surface area contributed by atoms with E-state index in [1.165, 1.54) is 5.56 Å². The number of carbonyl (C=O) groups excluding carboxylic acids is 1. The number of hydrogen-bond donors (Lipinski definition) is 2. The van der Waals surface area contributed by atoms with E-state index in [2.05, 4.69) is 23.0 Å². The molecule has 3 aromatic rings. The molecule has 0 aliphatic carbocycles. The van der Waals surface area contributed by atoms with Gasteiger partial charge in [0.1, 0.15) is 0 Å². The molecule has 0 saturated heterocycles. The lowest BCUT2D eigenvalue weighted by molar-refractivity contribution is 0.0962. The van der Waals surface area contributed by atoms with Gasteiger partial charge in [-0.1, -0.05) is 60.7 Å². The molecule has 0 saturated carbocycles. The van der Waals surface area contributed by atoms with E-state index in [4.69, 9.17) is 0 Å². The number of rotatable bonds is 4. The third-order valence-corrected chi connectivity index (χ3v) is 3.35. The average Bonchev–Trinajstić information content (AvgIpc) is 2.61. The van der Waals surface area contributed by atoms with Crippen molar-refractivity contribution in [3.05, 3.63) is 90.5 Å². The third kappa shape index (κ3) is 3.33. The molecule has 0 fully saturated rings. The van der Waals surface area contributed by atoms with Crippen LogP contribution in [0.5, 0.6) is 0 Å². The minimum atomic E-state index is -0.160. The van der Waals surface area contributed by atoms with Gasteiger partial charge in [-0.25, -0.2) is 0 Å². The van der Waals surface area contributed by atoms with E-state index >= 15 is 0 Å². The van der Waals surface area contributed by atoms with E-state index in [9.17, 15) is 4.79 Å². The molecule has 3 rings (SSSR count). The number of benzene rings is 3. The van der Waals surface area contributed by atoms with Crippen LogP contribution >= 0.6 is 0 Å². The highest BCUT2D eigenvalue weighted by atomic mass is 16.2. The highest BCUT2D eigenvalue weighted by Gasteiger charge is 2.03. The minimum absolute atomic E-state index is 0.160. The summed E-state index contributed by atoms with van der Waals surface area (Å²) in [6.07, 6.45) is 0. The van der Waals surface area contributed by atoms with Crippen LogP contribution in [0, 0.1) is 0 Å². The quantitative estimate of drug-likeness (QED) is 0.709. The van der Waals surface area contributed by atoms with Gasteiger partial charge in [0.15, 0.2) is 0 Å². The zero-order valence-corrected chi connectivity index (χ0v) is 12.0. The summed E-state index contributed by atoms with van der Waals surface area (Å²) in [5, 5.41) is 0. The predicted molar refractivity (Wildman–Crippen MR) is 89.4 cm³/mol. The summed E-state index contributed by atoms with van der Waals surface area (Å²) < 4.78 is 0. The van der Waals surface area contributed by atoms with Crippen molar-refractivity contribution in [3.63, 3.8) is 0 Å². The molecule has 3 aromatic carbocycles. The minimum Gasteiger partial charge on any atom is -0.298 e. The Kier molecular flexibility index (Phi) is 4.16. The fourth-order valence-electron chi connectivity index (χ4n) is 2.17. The number of carbonyl (C=O) groups is 1. The van der Waals surface area contributed by atoms with Crippen LogP contribution in [0.3, 0.4) is 0 Å². The maximum Gasteiger partial charge on any atom is 0.269 e. The highest BCUT2D eigenvalue weighted by molar-refractivity contribution is 5.94. The lowest BCUT2D eigenvalue weighted by Gasteiger charge is -2.09. The van der Waals surface area contributed by atoms with Crippen LogP contribution in [0.2, 0.25) is 0 Å². The number of hydrazine groups is 1. The normalized spacial score (nSPS) is 10.0. The van der Waals surface area contributed by atoms with Gasteiger partial charge in [-0.2, -0.15) is 0 Å². The molecule has 0 unspecified atom stereocenters. The Balaban J connectivity index is 1.63. The van der Waals surface area contributed by atoms with Crippen LogP contribution in [-0.2, 0) is 0 Å². The Labute approximate surface area is 129 Å². The van der Waals surface area contributed by atoms with E-state index in [1.54, 1.807) is 12.1 Å². The van der Waals surface area contributed by atoms with Gasteiger partial charge in [0.2, 0.25) is 0 Å². The summed E-state index contributed by atoms with van der Waals surface area (Å²) in [5.41, 5.74) is 9.37. The molecule has 0 aliphatic rings. The highest BCUT2D eigenvalue weighted by Crippen LogP contribution is 2.20. The second kappa shape index (κ2) is 6.59. The maximum atomic E-state index is 11.9. The monoisotopic (exact) mass is 288 g/mol. The van der Waals surface area contributed by atoms with Crippen molar-refractivity contribution in [2.45, 2.75) is 0 Å². The Morgan fingerprint density at radius 1 is 0.636 bits per heavy atom.